The van der Waals surface area contributed by atoms with E-state index in [0.29, 0.717) is 12.0 Å². The number of aromatic nitrogens is 1. The number of fused-ring (bicyclic) bond motifs is 1. The highest BCUT2D eigenvalue weighted by molar-refractivity contribution is 5.92. The molecule has 0 aliphatic heterocycles. The first-order valence-electron chi connectivity index (χ1n) is 8.62. The van der Waals surface area contributed by atoms with Crippen LogP contribution >= 0.6 is 0 Å². The number of carbonyl (C=O) groups is 1. The van der Waals surface area contributed by atoms with E-state index < -0.39 is 11.8 Å². The largest absolute Gasteiger partial charge is 0.496 e. The number of benzene rings is 3. The number of para-hydroxylation sites is 1. The van der Waals surface area contributed by atoms with Crippen LogP contribution in [-0.2, 0) is 6.42 Å². The summed E-state index contributed by atoms with van der Waals surface area (Å²) in [7, 11) is 1.62. The normalized spacial score (nSPS) is 10.8. The van der Waals surface area contributed by atoms with Crippen LogP contribution in [0.25, 0.3) is 11.0 Å². The summed E-state index contributed by atoms with van der Waals surface area (Å²) in [5.41, 5.74) is 2.07. The monoisotopic (exact) mass is 377 g/mol. The van der Waals surface area contributed by atoms with Crippen molar-refractivity contribution < 1.29 is 23.2 Å². The van der Waals surface area contributed by atoms with Crippen LogP contribution in [0.3, 0.4) is 0 Å². The van der Waals surface area contributed by atoms with Crippen LogP contribution in [-0.4, -0.2) is 18.2 Å². The highest BCUT2D eigenvalue weighted by Crippen LogP contribution is 2.28. The first-order valence-corrected chi connectivity index (χ1v) is 8.62. The highest BCUT2D eigenvalue weighted by Gasteiger charge is 2.16. The summed E-state index contributed by atoms with van der Waals surface area (Å²) in [6, 6.07) is 18.3. The smallest absolute Gasteiger partial charge is 0.346 e. The van der Waals surface area contributed by atoms with Gasteiger partial charge in [0.1, 0.15) is 17.3 Å². The molecule has 140 valence electrons. The zero-order chi connectivity index (χ0) is 19.5. The molecule has 0 unspecified atom stereocenters. The van der Waals surface area contributed by atoms with Crippen molar-refractivity contribution in [1.82, 2.24) is 5.16 Å². The standard InChI is InChI=1S/C22H16FNO4/c1-26-20-9-5-2-6-14(20)12-19-17-11-10-15(13-21(17)28-24-19)27-22(25)16-7-3-4-8-18(16)23/h2-11,13H,12H2,1H3. The van der Waals surface area contributed by atoms with Gasteiger partial charge in [-0.25, -0.2) is 9.18 Å². The number of carbonyl (C=O) groups excluding carboxylic acids is 1. The fraction of sp³-hybridized carbons (Fsp3) is 0.0909. The molecule has 6 heteroatoms. The maximum Gasteiger partial charge on any atom is 0.346 e. The van der Waals surface area contributed by atoms with Crippen LogP contribution in [0.2, 0.25) is 0 Å². The van der Waals surface area contributed by atoms with Gasteiger partial charge < -0.3 is 14.0 Å². The lowest BCUT2D eigenvalue weighted by Gasteiger charge is -2.06. The molecule has 28 heavy (non-hydrogen) atoms. The van der Waals surface area contributed by atoms with Crippen LogP contribution in [0.15, 0.2) is 71.3 Å². The average molecular weight is 377 g/mol. The lowest BCUT2D eigenvalue weighted by Crippen LogP contribution is -2.10. The topological polar surface area (TPSA) is 61.6 Å². The molecular formula is C22H16FNO4. The molecule has 4 rings (SSSR count). The second-order valence-corrected chi connectivity index (χ2v) is 6.15. The first kappa shape index (κ1) is 17.7. The van der Waals surface area contributed by atoms with Gasteiger partial charge in [0.2, 0.25) is 0 Å². The van der Waals surface area contributed by atoms with Crippen LogP contribution in [0.5, 0.6) is 11.5 Å². The van der Waals surface area contributed by atoms with Gasteiger partial charge in [-0.3, -0.25) is 0 Å². The van der Waals surface area contributed by atoms with Crippen molar-refractivity contribution in [3.63, 3.8) is 0 Å². The van der Waals surface area contributed by atoms with Gasteiger partial charge in [-0.1, -0.05) is 35.5 Å². The van der Waals surface area contributed by atoms with Crippen molar-refractivity contribution >= 4 is 16.9 Å². The molecule has 0 saturated heterocycles. The van der Waals surface area contributed by atoms with Crippen molar-refractivity contribution in [3.8, 4) is 11.5 Å². The zero-order valence-electron chi connectivity index (χ0n) is 15.0. The number of nitrogens with zero attached hydrogens (tertiary/aromatic N) is 1. The van der Waals surface area contributed by atoms with Crippen molar-refractivity contribution in [2.45, 2.75) is 6.42 Å². The van der Waals surface area contributed by atoms with E-state index in [0.717, 1.165) is 22.4 Å². The molecule has 1 heterocycles. The molecule has 1 aromatic heterocycles. The van der Waals surface area contributed by atoms with E-state index in [4.69, 9.17) is 14.0 Å². The van der Waals surface area contributed by atoms with Crippen molar-refractivity contribution in [3.05, 3.63) is 89.4 Å². The van der Waals surface area contributed by atoms with E-state index in [1.807, 2.05) is 24.3 Å². The minimum atomic E-state index is -0.772. The molecule has 5 nitrogen and oxygen atoms in total. The van der Waals surface area contributed by atoms with Crippen molar-refractivity contribution in [2.75, 3.05) is 7.11 Å². The fourth-order valence-electron chi connectivity index (χ4n) is 2.98. The van der Waals surface area contributed by atoms with Gasteiger partial charge in [0.25, 0.3) is 0 Å². The number of ether oxygens (including phenoxy) is 2. The maximum atomic E-state index is 13.7. The van der Waals surface area contributed by atoms with Crippen LogP contribution in [0, 0.1) is 5.82 Å². The Labute approximate surface area is 160 Å². The third kappa shape index (κ3) is 3.44. The molecule has 0 fully saturated rings. The summed E-state index contributed by atoms with van der Waals surface area (Å²) < 4.78 is 29.8. The van der Waals surface area contributed by atoms with Gasteiger partial charge in [-0.2, -0.15) is 0 Å². The van der Waals surface area contributed by atoms with E-state index in [2.05, 4.69) is 5.16 Å². The molecule has 0 radical (unpaired) electrons. The van der Waals surface area contributed by atoms with Gasteiger partial charge in [0.05, 0.1) is 18.4 Å². The Kier molecular flexibility index (Phi) is 4.76. The van der Waals surface area contributed by atoms with E-state index in [1.165, 1.54) is 18.2 Å². The van der Waals surface area contributed by atoms with E-state index in [1.54, 1.807) is 31.4 Å². The quantitative estimate of drug-likeness (QED) is 0.370. The van der Waals surface area contributed by atoms with Gasteiger partial charge >= 0.3 is 5.97 Å². The molecule has 0 saturated carbocycles. The summed E-state index contributed by atoms with van der Waals surface area (Å²) in [4.78, 5) is 12.2. The molecule has 4 aromatic rings. The predicted octanol–water partition coefficient (Wildman–Crippen LogP) is 4.79. The van der Waals surface area contributed by atoms with E-state index in [9.17, 15) is 9.18 Å². The Morgan fingerprint density at radius 1 is 1.07 bits per heavy atom. The summed E-state index contributed by atoms with van der Waals surface area (Å²) in [5.74, 6) is -0.381. The molecular weight excluding hydrogens is 361 g/mol. The van der Waals surface area contributed by atoms with Crippen LogP contribution in [0.4, 0.5) is 4.39 Å². The molecule has 0 spiro atoms. The lowest BCUT2D eigenvalue weighted by atomic mass is 10.1. The van der Waals surface area contributed by atoms with E-state index >= 15 is 0 Å². The van der Waals surface area contributed by atoms with Gasteiger partial charge in [-0.05, 0) is 30.3 Å². The molecule has 0 bridgehead atoms. The number of esters is 1. The summed E-state index contributed by atoms with van der Waals surface area (Å²) in [6.45, 7) is 0. The van der Waals surface area contributed by atoms with Crippen molar-refractivity contribution in [1.29, 1.82) is 0 Å². The fourth-order valence-corrected chi connectivity index (χ4v) is 2.98. The van der Waals surface area contributed by atoms with Crippen LogP contribution < -0.4 is 9.47 Å². The van der Waals surface area contributed by atoms with Gasteiger partial charge in [0, 0.05) is 23.4 Å². The Morgan fingerprint density at radius 2 is 1.86 bits per heavy atom. The number of hydrogen-bond donors (Lipinski definition) is 0. The average Bonchev–Trinajstić information content (AvgIpc) is 3.10. The molecule has 0 atom stereocenters. The zero-order valence-corrected chi connectivity index (χ0v) is 15.0. The molecule has 0 amide bonds. The summed E-state index contributed by atoms with van der Waals surface area (Å²) in [5, 5.41) is 4.93. The first-order chi connectivity index (χ1) is 13.7. The lowest BCUT2D eigenvalue weighted by molar-refractivity contribution is 0.0730. The molecule has 0 N–H and O–H groups in total. The van der Waals surface area contributed by atoms with Gasteiger partial charge in [0.15, 0.2) is 5.58 Å². The highest BCUT2D eigenvalue weighted by atomic mass is 19.1. The number of methoxy groups -OCH3 is 1. The summed E-state index contributed by atoms with van der Waals surface area (Å²) >= 11 is 0. The number of rotatable bonds is 5. The molecule has 0 aliphatic carbocycles. The predicted molar refractivity (Wildman–Crippen MR) is 101 cm³/mol. The minimum absolute atomic E-state index is 0.128. The number of hydrogen-bond acceptors (Lipinski definition) is 5. The third-order valence-corrected chi connectivity index (χ3v) is 4.37. The Hall–Kier alpha value is -3.67. The minimum Gasteiger partial charge on any atom is -0.496 e. The second kappa shape index (κ2) is 7.52. The maximum absolute atomic E-state index is 13.7. The Bertz CT molecular complexity index is 1150. The SMILES string of the molecule is COc1ccccc1Cc1noc2cc(OC(=O)c3ccccc3F)ccc12. The summed E-state index contributed by atoms with van der Waals surface area (Å²) in [6.07, 6.45) is 0.533. The molecule has 0 aliphatic rings. The number of halogens is 1. The Balaban J connectivity index is 1.58. The van der Waals surface area contributed by atoms with Gasteiger partial charge in [-0.15, -0.1) is 0 Å². The van der Waals surface area contributed by atoms with E-state index in [-0.39, 0.29) is 11.3 Å². The Morgan fingerprint density at radius 3 is 2.68 bits per heavy atom. The molecule has 3 aromatic carbocycles. The third-order valence-electron chi connectivity index (χ3n) is 4.37. The van der Waals surface area contributed by atoms with Crippen LogP contribution in [0.1, 0.15) is 21.6 Å². The second-order valence-electron chi connectivity index (χ2n) is 6.15. The van der Waals surface area contributed by atoms with Crippen molar-refractivity contribution in [2.24, 2.45) is 0 Å².